The van der Waals surface area contributed by atoms with E-state index in [4.69, 9.17) is 5.11 Å². The molecular weight excluding hydrogens is 298 g/mol. The van der Waals surface area contributed by atoms with Gasteiger partial charge in [-0.2, -0.15) is 0 Å². The molecule has 1 aromatic carbocycles. The highest BCUT2D eigenvalue weighted by atomic mass is 19.3. The molecule has 3 nitrogen and oxygen atoms in total. The Hall–Kier alpha value is -1.04. The molecule has 1 aliphatic rings. The van der Waals surface area contributed by atoms with Crippen molar-refractivity contribution >= 4 is 0 Å². The molecule has 1 heterocycles. The number of nitrogens with zero attached hydrogens (tertiary/aromatic N) is 2. The van der Waals surface area contributed by atoms with E-state index in [0.29, 0.717) is 19.0 Å². The number of piperazine rings is 1. The van der Waals surface area contributed by atoms with Gasteiger partial charge in [0.2, 0.25) is 0 Å². The molecule has 130 valence electrons. The molecule has 0 bridgehead atoms. The van der Waals surface area contributed by atoms with Crippen molar-refractivity contribution in [2.75, 3.05) is 45.9 Å². The average Bonchev–Trinajstić information content (AvgIpc) is 2.55. The second-order valence-corrected chi connectivity index (χ2v) is 6.57. The van der Waals surface area contributed by atoms with Crippen LogP contribution in [0.25, 0.3) is 0 Å². The highest BCUT2D eigenvalue weighted by molar-refractivity contribution is 5.19. The van der Waals surface area contributed by atoms with E-state index in [-0.39, 0.29) is 26.0 Å². The van der Waals surface area contributed by atoms with E-state index < -0.39 is 5.92 Å². The number of aliphatic hydroxyl groups is 1. The van der Waals surface area contributed by atoms with Gasteiger partial charge < -0.3 is 10.0 Å². The molecule has 5 heteroatoms. The summed E-state index contributed by atoms with van der Waals surface area (Å²) in [5.41, 5.74) is 1.32. The van der Waals surface area contributed by atoms with E-state index in [1.165, 1.54) is 5.56 Å². The Balaban J connectivity index is 1.73. The summed E-state index contributed by atoms with van der Waals surface area (Å²) in [6.07, 6.45) is -0.0592. The van der Waals surface area contributed by atoms with Gasteiger partial charge in [0.25, 0.3) is 5.92 Å². The average molecular weight is 326 g/mol. The molecule has 0 saturated carbocycles. The molecule has 0 spiro atoms. The molecule has 1 fully saturated rings. The quantitative estimate of drug-likeness (QED) is 0.796. The zero-order valence-corrected chi connectivity index (χ0v) is 13.9. The molecule has 0 radical (unpaired) electrons. The summed E-state index contributed by atoms with van der Waals surface area (Å²) in [6.45, 7) is 5.90. The molecule has 23 heavy (non-hydrogen) atoms. The van der Waals surface area contributed by atoms with Gasteiger partial charge in [0.1, 0.15) is 0 Å². The van der Waals surface area contributed by atoms with Crippen LogP contribution in [-0.2, 0) is 0 Å². The van der Waals surface area contributed by atoms with Crippen molar-refractivity contribution < 1.29 is 13.9 Å². The van der Waals surface area contributed by atoms with Crippen LogP contribution in [-0.4, -0.2) is 66.7 Å². The number of hydrogen-bond donors (Lipinski definition) is 1. The number of halogens is 2. The summed E-state index contributed by atoms with van der Waals surface area (Å²) < 4.78 is 27.5. The van der Waals surface area contributed by atoms with Crippen LogP contribution < -0.4 is 0 Å². The summed E-state index contributed by atoms with van der Waals surface area (Å²) in [5.74, 6) is -2.24. The Morgan fingerprint density at radius 2 is 1.70 bits per heavy atom. The Bertz CT molecular complexity index is 448. The summed E-state index contributed by atoms with van der Waals surface area (Å²) in [5, 5.41) is 8.69. The van der Waals surface area contributed by atoms with E-state index >= 15 is 0 Å². The second-order valence-electron chi connectivity index (χ2n) is 6.57. The predicted octanol–water partition coefficient (Wildman–Crippen LogP) is 2.82. The van der Waals surface area contributed by atoms with Gasteiger partial charge in [-0.25, -0.2) is 8.78 Å². The van der Waals surface area contributed by atoms with Crippen LogP contribution in [0.2, 0.25) is 0 Å². The minimum Gasteiger partial charge on any atom is -0.396 e. The van der Waals surface area contributed by atoms with Crippen LogP contribution >= 0.6 is 0 Å². The van der Waals surface area contributed by atoms with Crippen LogP contribution in [0, 0.1) is 0 Å². The fraction of sp³-hybridized carbons (Fsp3) is 0.667. The van der Waals surface area contributed by atoms with E-state index in [0.717, 1.165) is 19.6 Å². The van der Waals surface area contributed by atoms with Gasteiger partial charge in [0.15, 0.2) is 0 Å². The molecule has 1 N–H and O–H groups in total. The number of rotatable bonds is 8. The normalized spacial score (nSPS) is 19.0. The van der Waals surface area contributed by atoms with Gasteiger partial charge in [-0.1, -0.05) is 37.3 Å². The summed E-state index contributed by atoms with van der Waals surface area (Å²) in [6, 6.07) is 10.4. The van der Waals surface area contributed by atoms with E-state index in [2.05, 4.69) is 36.1 Å². The number of alkyl halides is 2. The minimum atomic E-state index is -2.69. The van der Waals surface area contributed by atoms with Crippen molar-refractivity contribution in [3.05, 3.63) is 35.9 Å². The first-order valence-electron chi connectivity index (χ1n) is 8.48. The molecular formula is C18H28F2N2O. The van der Waals surface area contributed by atoms with Gasteiger partial charge in [-0.05, 0) is 17.9 Å². The van der Waals surface area contributed by atoms with Gasteiger partial charge in [0.05, 0.1) is 6.54 Å². The first-order chi connectivity index (χ1) is 11.0. The van der Waals surface area contributed by atoms with Crippen molar-refractivity contribution in [3.63, 3.8) is 0 Å². The van der Waals surface area contributed by atoms with Gasteiger partial charge in [0, 0.05) is 45.8 Å². The van der Waals surface area contributed by atoms with Crippen LogP contribution in [0.4, 0.5) is 8.78 Å². The molecule has 1 aromatic rings. The van der Waals surface area contributed by atoms with Crippen LogP contribution in [0.3, 0.4) is 0 Å². The molecule has 1 unspecified atom stereocenters. The fourth-order valence-corrected chi connectivity index (χ4v) is 3.15. The molecule has 0 aromatic heterocycles. The Labute approximate surface area is 137 Å². The standard InChI is InChI=1S/C18H28F2N2O/c1-16(17-6-3-2-4-7-17)14-21-9-11-22(12-10-21)15-18(19,20)8-5-13-23/h2-4,6-7,16,23H,5,8-15H2,1H3. The smallest absolute Gasteiger partial charge is 0.260 e. The molecule has 1 aliphatic heterocycles. The van der Waals surface area contributed by atoms with Crippen molar-refractivity contribution in [2.45, 2.75) is 31.6 Å². The van der Waals surface area contributed by atoms with E-state index in [1.54, 1.807) is 0 Å². The number of aliphatic hydroxyl groups excluding tert-OH is 1. The predicted molar refractivity (Wildman–Crippen MR) is 89.0 cm³/mol. The first kappa shape index (κ1) is 18.3. The number of benzene rings is 1. The highest BCUT2D eigenvalue weighted by Gasteiger charge is 2.32. The molecule has 1 saturated heterocycles. The lowest BCUT2D eigenvalue weighted by molar-refractivity contribution is -0.0517. The van der Waals surface area contributed by atoms with Crippen LogP contribution in [0.5, 0.6) is 0 Å². The van der Waals surface area contributed by atoms with E-state index in [9.17, 15) is 8.78 Å². The Kier molecular flexibility index (Phi) is 6.93. The fourth-order valence-electron chi connectivity index (χ4n) is 3.15. The largest absolute Gasteiger partial charge is 0.396 e. The first-order valence-corrected chi connectivity index (χ1v) is 8.48. The second kappa shape index (κ2) is 8.71. The Morgan fingerprint density at radius 1 is 1.09 bits per heavy atom. The van der Waals surface area contributed by atoms with Crippen molar-refractivity contribution in [1.29, 1.82) is 0 Å². The maximum Gasteiger partial charge on any atom is 0.260 e. The summed E-state index contributed by atoms with van der Waals surface area (Å²) in [7, 11) is 0. The molecule has 0 aliphatic carbocycles. The lowest BCUT2D eigenvalue weighted by Crippen LogP contribution is -2.50. The number of hydrogen-bond acceptors (Lipinski definition) is 3. The van der Waals surface area contributed by atoms with E-state index in [1.807, 2.05) is 11.0 Å². The third-order valence-corrected chi connectivity index (χ3v) is 4.52. The molecule has 2 rings (SSSR count). The zero-order valence-electron chi connectivity index (χ0n) is 13.9. The highest BCUT2D eigenvalue weighted by Crippen LogP contribution is 2.23. The maximum atomic E-state index is 13.8. The van der Waals surface area contributed by atoms with Crippen LogP contribution in [0.15, 0.2) is 30.3 Å². The maximum absolute atomic E-state index is 13.8. The monoisotopic (exact) mass is 326 g/mol. The Morgan fingerprint density at radius 3 is 2.30 bits per heavy atom. The zero-order chi connectivity index (χ0) is 16.7. The van der Waals surface area contributed by atoms with Crippen molar-refractivity contribution in [1.82, 2.24) is 9.80 Å². The van der Waals surface area contributed by atoms with Crippen LogP contribution in [0.1, 0.15) is 31.2 Å². The third kappa shape index (κ3) is 6.16. The van der Waals surface area contributed by atoms with Crippen molar-refractivity contribution in [2.24, 2.45) is 0 Å². The summed E-state index contributed by atoms with van der Waals surface area (Å²) >= 11 is 0. The van der Waals surface area contributed by atoms with Crippen molar-refractivity contribution in [3.8, 4) is 0 Å². The summed E-state index contributed by atoms with van der Waals surface area (Å²) in [4.78, 5) is 4.21. The topological polar surface area (TPSA) is 26.7 Å². The third-order valence-electron chi connectivity index (χ3n) is 4.52. The SMILES string of the molecule is CC(CN1CCN(CC(F)(F)CCCO)CC1)c1ccccc1. The lowest BCUT2D eigenvalue weighted by Gasteiger charge is -2.37. The molecule has 0 amide bonds. The molecule has 1 atom stereocenters. The van der Waals surface area contributed by atoms with Gasteiger partial charge in [-0.15, -0.1) is 0 Å². The lowest BCUT2D eigenvalue weighted by atomic mass is 10.0. The van der Waals surface area contributed by atoms with Gasteiger partial charge >= 0.3 is 0 Å². The van der Waals surface area contributed by atoms with Gasteiger partial charge in [-0.3, -0.25) is 4.90 Å². The minimum absolute atomic E-state index is 0.166.